The number of anilines is 1. The zero-order valence-electron chi connectivity index (χ0n) is 12.3. The van der Waals surface area contributed by atoms with Crippen LogP contribution in [0.15, 0.2) is 35.7 Å². The van der Waals surface area contributed by atoms with Gasteiger partial charge < -0.3 is 16.4 Å². The van der Waals surface area contributed by atoms with Crippen LogP contribution >= 0.6 is 11.3 Å². The number of carbonyl (C=O) groups is 1. The van der Waals surface area contributed by atoms with E-state index in [-0.39, 0.29) is 6.04 Å². The SMILES string of the molecule is CCc1ccsc1CNC(C)c1ccc(NC(N)=O)cc1. The molecular formula is C16H21N3OS. The highest BCUT2D eigenvalue weighted by Crippen LogP contribution is 2.20. The first-order valence-corrected chi connectivity index (χ1v) is 7.93. The van der Waals surface area contributed by atoms with E-state index in [1.54, 1.807) is 11.3 Å². The Bertz CT molecular complexity index is 592. The van der Waals surface area contributed by atoms with Gasteiger partial charge >= 0.3 is 6.03 Å². The maximum absolute atomic E-state index is 10.8. The van der Waals surface area contributed by atoms with Gasteiger partial charge in [-0.15, -0.1) is 11.3 Å². The average molecular weight is 303 g/mol. The van der Waals surface area contributed by atoms with E-state index >= 15 is 0 Å². The fraction of sp³-hybridized carbons (Fsp3) is 0.312. The van der Waals surface area contributed by atoms with Crippen LogP contribution in [0.5, 0.6) is 0 Å². The van der Waals surface area contributed by atoms with Crippen LogP contribution in [0.25, 0.3) is 0 Å². The molecule has 0 bridgehead atoms. The van der Waals surface area contributed by atoms with Crippen molar-refractivity contribution in [3.8, 4) is 0 Å². The van der Waals surface area contributed by atoms with Gasteiger partial charge in [-0.2, -0.15) is 0 Å². The molecule has 0 saturated heterocycles. The fourth-order valence-electron chi connectivity index (χ4n) is 2.20. The lowest BCUT2D eigenvalue weighted by Gasteiger charge is -2.15. The smallest absolute Gasteiger partial charge is 0.316 e. The van der Waals surface area contributed by atoms with Gasteiger partial charge in [0.2, 0.25) is 0 Å². The molecule has 4 nitrogen and oxygen atoms in total. The Labute approximate surface area is 129 Å². The summed E-state index contributed by atoms with van der Waals surface area (Å²) in [5, 5.41) is 8.24. The molecule has 1 heterocycles. The molecule has 5 heteroatoms. The van der Waals surface area contributed by atoms with Crippen LogP contribution in [0.1, 0.15) is 35.9 Å². The second-order valence-corrected chi connectivity index (χ2v) is 5.94. The number of benzene rings is 1. The zero-order chi connectivity index (χ0) is 15.2. The van der Waals surface area contributed by atoms with E-state index in [1.165, 1.54) is 16.0 Å². The molecular weight excluding hydrogens is 282 g/mol. The first-order valence-electron chi connectivity index (χ1n) is 7.05. The van der Waals surface area contributed by atoms with Crippen LogP contribution in [0.3, 0.4) is 0 Å². The molecule has 0 aliphatic carbocycles. The van der Waals surface area contributed by atoms with Gasteiger partial charge in [0, 0.05) is 23.2 Å². The number of aryl methyl sites for hydroxylation is 1. The number of nitrogens with one attached hydrogen (secondary N) is 2. The summed E-state index contributed by atoms with van der Waals surface area (Å²) in [6.45, 7) is 5.19. The Kier molecular flexibility index (Phi) is 5.36. The number of amides is 2. The highest BCUT2D eigenvalue weighted by molar-refractivity contribution is 7.10. The van der Waals surface area contributed by atoms with Gasteiger partial charge in [-0.1, -0.05) is 19.1 Å². The maximum Gasteiger partial charge on any atom is 0.316 e. The lowest BCUT2D eigenvalue weighted by atomic mass is 10.1. The molecule has 0 aliphatic heterocycles. The van der Waals surface area contributed by atoms with Crippen LogP contribution in [0, 0.1) is 0 Å². The highest BCUT2D eigenvalue weighted by Gasteiger charge is 2.08. The van der Waals surface area contributed by atoms with Crippen LogP contribution in [-0.4, -0.2) is 6.03 Å². The summed E-state index contributed by atoms with van der Waals surface area (Å²) in [5.74, 6) is 0. The van der Waals surface area contributed by atoms with E-state index < -0.39 is 6.03 Å². The maximum atomic E-state index is 10.8. The summed E-state index contributed by atoms with van der Waals surface area (Å²) >= 11 is 1.80. The molecule has 0 radical (unpaired) electrons. The van der Waals surface area contributed by atoms with Crippen LogP contribution < -0.4 is 16.4 Å². The van der Waals surface area contributed by atoms with Crippen LogP contribution in [-0.2, 0) is 13.0 Å². The molecule has 4 N–H and O–H groups in total. The van der Waals surface area contributed by atoms with Gasteiger partial charge in [0.05, 0.1) is 0 Å². The van der Waals surface area contributed by atoms with Gasteiger partial charge in [-0.3, -0.25) is 0 Å². The summed E-state index contributed by atoms with van der Waals surface area (Å²) in [5.41, 5.74) is 8.40. The molecule has 1 unspecified atom stereocenters. The standard InChI is InChI=1S/C16H21N3OS/c1-3-12-8-9-21-15(12)10-18-11(2)13-4-6-14(7-5-13)19-16(17)20/h4-9,11,18H,3,10H2,1-2H3,(H3,17,19,20). The first kappa shape index (κ1) is 15.5. The van der Waals surface area contributed by atoms with Gasteiger partial charge in [-0.25, -0.2) is 4.79 Å². The minimum Gasteiger partial charge on any atom is -0.351 e. The summed E-state index contributed by atoms with van der Waals surface area (Å²) in [7, 11) is 0. The second kappa shape index (κ2) is 7.24. The molecule has 1 aromatic heterocycles. The Morgan fingerprint density at radius 3 is 2.62 bits per heavy atom. The van der Waals surface area contributed by atoms with Crippen molar-refractivity contribution in [1.82, 2.24) is 5.32 Å². The lowest BCUT2D eigenvalue weighted by Crippen LogP contribution is -2.20. The normalized spacial score (nSPS) is 12.1. The number of primary amides is 1. The third-order valence-corrected chi connectivity index (χ3v) is 4.43. The van der Waals surface area contributed by atoms with Crippen molar-refractivity contribution in [3.63, 3.8) is 0 Å². The zero-order valence-corrected chi connectivity index (χ0v) is 13.2. The van der Waals surface area contributed by atoms with Crippen molar-refractivity contribution in [2.24, 2.45) is 5.73 Å². The van der Waals surface area contributed by atoms with Crippen molar-refractivity contribution in [3.05, 3.63) is 51.7 Å². The molecule has 21 heavy (non-hydrogen) atoms. The molecule has 0 fully saturated rings. The monoisotopic (exact) mass is 303 g/mol. The third-order valence-electron chi connectivity index (χ3n) is 3.47. The van der Waals surface area contributed by atoms with Gasteiger partial charge in [0.15, 0.2) is 0 Å². The number of urea groups is 1. The van der Waals surface area contributed by atoms with E-state index in [1.807, 2.05) is 24.3 Å². The lowest BCUT2D eigenvalue weighted by molar-refractivity contribution is 0.259. The molecule has 0 spiro atoms. The summed E-state index contributed by atoms with van der Waals surface area (Å²) in [6.07, 6.45) is 1.07. The highest BCUT2D eigenvalue weighted by atomic mass is 32.1. The third kappa shape index (κ3) is 4.31. The first-order chi connectivity index (χ1) is 10.1. The molecule has 1 atom stereocenters. The Balaban J connectivity index is 1.94. The van der Waals surface area contributed by atoms with E-state index in [0.29, 0.717) is 5.69 Å². The predicted molar refractivity (Wildman–Crippen MR) is 88.6 cm³/mol. The largest absolute Gasteiger partial charge is 0.351 e. The van der Waals surface area contributed by atoms with Crippen molar-refractivity contribution < 1.29 is 4.79 Å². The summed E-state index contributed by atoms with van der Waals surface area (Å²) < 4.78 is 0. The average Bonchev–Trinajstić information content (AvgIpc) is 2.92. The number of thiophene rings is 1. The molecule has 2 amide bonds. The number of nitrogens with two attached hydrogens (primary N) is 1. The Morgan fingerprint density at radius 1 is 1.29 bits per heavy atom. The fourth-order valence-corrected chi connectivity index (χ4v) is 3.13. The molecule has 1 aromatic carbocycles. The minimum atomic E-state index is -0.543. The Morgan fingerprint density at radius 2 is 2.00 bits per heavy atom. The van der Waals surface area contributed by atoms with Crippen molar-refractivity contribution in [1.29, 1.82) is 0 Å². The molecule has 2 aromatic rings. The molecule has 2 rings (SSSR count). The molecule has 0 saturated carbocycles. The van der Waals surface area contributed by atoms with E-state index in [2.05, 4.69) is 35.9 Å². The van der Waals surface area contributed by atoms with E-state index in [9.17, 15) is 4.79 Å². The number of rotatable bonds is 6. The second-order valence-electron chi connectivity index (χ2n) is 4.94. The van der Waals surface area contributed by atoms with Crippen LogP contribution in [0.4, 0.5) is 10.5 Å². The number of hydrogen-bond donors (Lipinski definition) is 3. The van der Waals surface area contributed by atoms with Gasteiger partial charge in [0.1, 0.15) is 0 Å². The molecule has 0 aliphatic rings. The van der Waals surface area contributed by atoms with Crippen molar-refractivity contribution >= 4 is 23.1 Å². The van der Waals surface area contributed by atoms with Gasteiger partial charge in [-0.05, 0) is 48.1 Å². The van der Waals surface area contributed by atoms with E-state index in [4.69, 9.17) is 5.73 Å². The summed E-state index contributed by atoms with van der Waals surface area (Å²) in [6, 6.07) is 9.62. The van der Waals surface area contributed by atoms with Crippen molar-refractivity contribution in [2.45, 2.75) is 32.9 Å². The quantitative estimate of drug-likeness (QED) is 0.762. The number of carbonyl (C=O) groups excluding carboxylic acids is 1. The predicted octanol–water partition coefficient (Wildman–Crippen LogP) is 3.65. The topological polar surface area (TPSA) is 67.2 Å². The van der Waals surface area contributed by atoms with Crippen LogP contribution in [0.2, 0.25) is 0 Å². The van der Waals surface area contributed by atoms with Gasteiger partial charge in [0.25, 0.3) is 0 Å². The Hall–Kier alpha value is -1.85. The number of hydrogen-bond acceptors (Lipinski definition) is 3. The molecule has 112 valence electrons. The minimum absolute atomic E-state index is 0.249. The van der Waals surface area contributed by atoms with Crippen molar-refractivity contribution in [2.75, 3.05) is 5.32 Å². The van der Waals surface area contributed by atoms with E-state index in [0.717, 1.165) is 13.0 Å². The summed E-state index contributed by atoms with van der Waals surface area (Å²) in [4.78, 5) is 12.2.